The van der Waals surface area contributed by atoms with Gasteiger partial charge in [-0.3, -0.25) is 9.69 Å². The largest absolute Gasteiger partial charge is 0.375 e. The Labute approximate surface area is 251 Å². The van der Waals surface area contributed by atoms with E-state index in [9.17, 15) is 4.79 Å². The number of ether oxygens (including phenoxy) is 1. The Morgan fingerprint density at radius 3 is 2.48 bits per heavy atom. The van der Waals surface area contributed by atoms with Gasteiger partial charge in [0, 0.05) is 36.5 Å². The maximum atomic E-state index is 13.3. The Bertz CT molecular complexity index is 1420. The number of halogens is 3. The molecule has 208 valence electrons. The smallest absolute Gasteiger partial charge is 0.241 e. The van der Waals surface area contributed by atoms with E-state index in [0.717, 1.165) is 22.5 Å². The molecule has 7 nitrogen and oxygen atoms in total. The molecule has 3 aromatic carbocycles. The molecule has 1 saturated heterocycles. The third-order valence-corrected chi connectivity index (χ3v) is 6.93. The van der Waals surface area contributed by atoms with Gasteiger partial charge in [0.1, 0.15) is 0 Å². The number of piperazine rings is 1. The molecule has 4 aromatic rings. The first-order valence-corrected chi connectivity index (χ1v) is 12.9. The van der Waals surface area contributed by atoms with Gasteiger partial charge >= 0.3 is 0 Å². The van der Waals surface area contributed by atoms with Crippen molar-refractivity contribution in [3.63, 3.8) is 0 Å². The van der Waals surface area contributed by atoms with E-state index < -0.39 is 0 Å². The Morgan fingerprint density at radius 1 is 0.975 bits per heavy atom. The summed E-state index contributed by atoms with van der Waals surface area (Å²) in [6, 6.07) is 27.2. The minimum Gasteiger partial charge on any atom is -0.375 e. The van der Waals surface area contributed by atoms with Crippen LogP contribution in [0, 0.1) is 11.3 Å². The van der Waals surface area contributed by atoms with Gasteiger partial charge in [0.15, 0.2) is 0 Å². The maximum Gasteiger partial charge on any atom is 0.241 e. The maximum absolute atomic E-state index is 13.3. The number of amides is 1. The third kappa shape index (κ3) is 7.85. The molecule has 0 saturated carbocycles. The highest BCUT2D eigenvalue weighted by atomic mass is 35.5. The summed E-state index contributed by atoms with van der Waals surface area (Å²) in [5.74, 6) is 0.0183. The van der Waals surface area contributed by atoms with Crippen molar-refractivity contribution in [3.05, 3.63) is 119 Å². The van der Waals surface area contributed by atoms with Crippen molar-refractivity contribution in [1.29, 1.82) is 5.26 Å². The van der Waals surface area contributed by atoms with E-state index in [4.69, 9.17) is 21.6 Å². The SMILES string of the molecule is Cl.Cl.N#Cc1ccc(Cn2cncc2CN2CC(=O)N(c3cccc(Cl)c3)C[C@@H]2COCc2ccccc2)cc1. The number of rotatable bonds is 9. The van der Waals surface area contributed by atoms with Gasteiger partial charge in [0.25, 0.3) is 0 Å². The lowest BCUT2D eigenvalue weighted by molar-refractivity contribution is -0.123. The number of carbonyl (C=O) groups excluding carboxylic acids is 1. The highest BCUT2D eigenvalue weighted by Crippen LogP contribution is 2.25. The van der Waals surface area contributed by atoms with E-state index in [1.54, 1.807) is 17.3 Å². The molecular weight excluding hydrogens is 569 g/mol. The second kappa shape index (κ2) is 14.8. The number of nitrogens with zero attached hydrogens (tertiary/aromatic N) is 5. The lowest BCUT2D eigenvalue weighted by atomic mass is 10.1. The summed E-state index contributed by atoms with van der Waals surface area (Å²) < 4.78 is 8.23. The van der Waals surface area contributed by atoms with Crippen molar-refractivity contribution in [1.82, 2.24) is 14.5 Å². The van der Waals surface area contributed by atoms with Crippen LogP contribution in [0.15, 0.2) is 91.4 Å². The molecule has 2 heterocycles. The van der Waals surface area contributed by atoms with Crippen molar-refractivity contribution in [2.24, 2.45) is 0 Å². The van der Waals surface area contributed by atoms with E-state index in [1.165, 1.54) is 0 Å². The normalized spacial score (nSPS) is 15.2. The molecular formula is C30H30Cl3N5O2. The van der Waals surface area contributed by atoms with Gasteiger partial charge in [-0.2, -0.15) is 5.26 Å². The number of imidazole rings is 1. The van der Waals surface area contributed by atoms with Crippen LogP contribution in [0.4, 0.5) is 5.69 Å². The van der Waals surface area contributed by atoms with Crippen LogP contribution in [0.5, 0.6) is 0 Å². The molecule has 0 N–H and O–H groups in total. The molecule has 0 aliphatic carbocycles. The van der Waals surface area contributed by atoms with E-state index >= 15 is 0 Å². The fourth-order valence-corrected chi connectivity index (χ4v) is 4.84. The van der Waals surface area contributed by atoms with E-state index in [1.807, 2.05) is 79.0 Å². The fourth-order valence-electron chi connectivity index (χ4n) is 4.65. The quantitative estimate of drug-likeness (QED) is 0.246. The lowest BCUT2D eigenvalue weighted by Crippen LogP contribution is -2.57. The van der Waals surface area contributed by atoms with E-state index in [-0.39, 0.29) is 43.3 Å². The average Bonchev–Trinajstić information content (AvgIpc) is 3.37. The molecule has 0 unspecified atom stereocenters. The van der Waals surface area contributed by atoms with Crippen molar-refractivity contribution in [2.75, 3.05) is 24.6 Å². The van der Waals surface area contributed by atoms with Crippen molar-refractivity contribution >= 4 is 48.0 Å². The zero-order valence-electron chi connectivity index (χ0n) is 21.7. The van der Waals surface area contributed by atoms with Crippen LogP contribution in [-0.2, 0) is 29.2 Å². The summed E-state index contributed by atoms with van der Waals surface area (Å²) in [6.45, 7) is 2.93. The monoisotopic (exact) mass is 597 g/mol. The van der Waals surface area contributed by atoms with Crippen LogP contribution in [0.3, 0.4) is 0 Å². The zero-order valence-corrected chi connectivity index (χ0v) is 24.1. The van der Waals surface area contributed by atoms with E-state index in [2.05, 4.69) is 20.5 Å². The molecule has 1 atom stereocenters. The second-order valence-electron chi connectivity index (χ2n) is 9.37. The van der Waals surface area contributed by atoms with Gasteiger partial charge in [-0.05, 0) is 41.5 Å². The van der Waals surface area contributed by atoms with Crippen LogP contribution in [0.25, 0.3) is 0 Å². The summed E-state index contributed by atoms with van der Waals surface area (Å²) in [5.41, 5.74) is 4.62. The molecule has 0 bridgehead atoms. The molecule has 1 fully saturated rings. The summed E-state index contributed by atoms with van der Waals surface area (Å²) >= 11 is 6.23. The highest BCUT2D eigenvalue weighted by Gasteiger charge is 2.33. The summed E-state index contributed by atoms with van der Waals surface area (Å²) in [7, 11) is 0. The van der Waals surface area contributed by atoms with E-state index in [0.29, 0.717) is 43.4 Å². The molecule has 0 radical (unpaired) electrons. The molecule has 1 aromatic heterocycles. The number of aromatic nitrogens is 2. The predicted molar refractivity (Wildman–Crippen MR) is 161 cm³/mol. The fraction of sp³-hybridized carbons (Fsp3) is 0.233. The Morgan fingerprint density at radius 2 is 1.75 bits per heavy atom. The topological polar surface area (TPSA) is 74.4 Å². The van der Waals surface area contributed by atoms with Crippen LogP contribution in [0.2, 0.25) is 5.02 Å². The van der Waals surface area contributed by atoms with Crippen molar-refractivity contribution < 1.29 is 9.53 Å². The molecule has 1 aliphatic rings. The van der Waals surface area contributed by atoms with Crippen molar-refractivity contribution in [3.8, 4) is 6.07 Å². The second-order valence-corrected chi connectivity index (χ2v) is 9.80. The minimum absolute atomic E-state index is 0. The first kappa shape index (κ1) is 31.2. The first-order chi connectivity index (χ1) is 18.6. The molecule has 1 amide bonds. The van der Waals surface area contributed by atoms with Gasteiger partial charge < -0.3 is 14.2 Å². The third-order valence-electron chi connectivity index (χ3n) is 6.69. The van der Waals surface area contributed by atoms with Gasteiger partial charge in [0.05, 0.1) is 49.5 Å². The summed E-state index contributed by atoms with van der Waals surface area (Å²) in [4.78, 5) is 21.6. The van der Waals surface area contributed by atoms with Crippen LogP contribution >= 0.6 is 36.4 Å². The van der Waals surface area contributed by atoms with Crippen LogP contribution < -0.4 is 4.90 Å². The number of nitriles is 1. The van der Waals surface area contributed by atoms with Gasteiger partial charge in [-0.15, -0.1) is 24.8 Å². The summed E-state index contributed by atoms with van der Waals surface area (Å²) in [5, 5.41) is 9.67. The zero-order chi connectivity index (χ0) is 26.3. The van der Waals surface area contributed by atoms with Crippen LogP contribution in [0.1, 0.15) is 22.4 Å². The lowest BCUT2D eigenvalue weighted by Gasteiger charge is -2.41. The molecule has 0 spiro atoms. The van der Waals surface area contributed by atoms with Gasteiger partial charge in [0.2, 0.25) is 5.91 Å². The summed E-state index contributed by atoms with van der Waals surface area (Å²) in [6.07, 6.45) is 3.65. The Hall–Kier alpha value is -3.38. The van der Waals surface area contributed by atoms with Crippen molar-refractivity contribution in [2.45, 2.75) is 25.7 Å². The van der Waals surface area contributed by atoms with Gasteiger partial charge in [-0.25, -0.2) is 4.98 Å². The first-order valence-electron chi connectivity index (χ1n) is 12.5. The van der Waals surface area contributed by atoms with Gasteiger partial charge in [-0.1, -0.05) is 60.1 Å². The number of anilines is 1. The predicted octanol–water partition coefficient (Wildman–Crippen LogP) is 5.73. The number of hydrogen-bond acceptors (Lipinski definition) is 5. The molecule has 5 rings (SSSR count). The number of benzene rings is 3. The molecule has 1 aliphatic heterocycles. The number of carbonyl (C=O) groups is 1. The standard InChI is InChI=1S/C30H28ClN5O2.2ClH/c31-26-7-4-8-27(13-26)36-18-29(21-38-20-25-5-2-1-3-6-25)34(19-30(36)37)17-28-15-33-22-35(28)16-24-11-9-23(14-32)10-12-24;;/h1-13,15,22,29H,16-21H2;2*1H/t29-;;/m1../s1. The Balaban J connectivity index is 0.00000220. The van der Waals surface area contributed by atoms with Crippen LogP contribution in [-0.4, -0.2) is 46.1 Å². The highest BCUT2D eigenvalue weighted by molar-refractivity contribution is 6.30. The minimum atomic E-state index is -0.0198. The molecule has 10 heteroatoms. The Kier molecular flexibility index (Phi) is 11.6. The average molecular weight is 599 g/mol. The number of hydrogen-bond donors (Lipinski definition) is 0. The molecule has 40 heavy (non-hydrogen) atoms.